The van der Waals surface area contributed by atoms with Gasteiger partial charge in [-0.3, -0.25) is 9.59 Å². The Kier molecular flexibility index (Phi) is 6.72. The van der Waals surface area contributed by atoms with Gasteiger partial charge in [0.1, 0.15) is 0 Å². The van der Waals surface area contributed by atoms with Crippen LogP contribution in [0.4, 0.5) is 0 Å². The monoisotopic (exact) mass is 255 g/mol. The highest BCUT2D eigenvalue weighted by Gasteiger charge is 2.19. The van der Waals surface area contributed by atoms with Crippen molar-refractivity contribution in [2.24, 2.45) is 0 Å². The third-order valence-electron chi connectivity index (χ3n) is 3.21. The Balaban J connectivity index is 2.25. The number of hydrogen-bond acceptors (Lipinski definition) is 3. The van der Waals surface area contributed by atoms with Gasteiger partial charge < -0.3 is 15.5 Å². The van der Waals surface area contributed by atoms with E-state index >= 15 is 0 Å². The minimum atomic E-state index is -0.0793. The molecule has 0 saturated carbocycles. The lowest BCUT2D eigenvalue weighted by atomic mass is 10.0. The minimum Gasteiger partial charge on any atom is -0.355 e. The van der Waals surface area contributed by atoms with Gasteiger partial charge in [0.05, 0.1) is 6.54 Å². The number of nitrogens with one attached hydrogen (secondary N) is 2. The molecule has 0 spiro atoms. The zero-order valence-electron chi connectivity index (χ0n) is 11.5. The topological polar surface area (TPSA) is 61.4 Å². The maximum atomic E-state index is 11.9. The molecule has 2 amide bonds. The Morgan fingerprint density at radius 1 is 1.39 bits per heavy atom. The van der Waals surface area contributed by atoms with Crippen molar-refractivity contribution in [3.05, 3.63) is 0 Å². The van der Waals surface area contributed by atoms with Gasteiger partial charge in [0.25, 0.3) is 0 Å². The molecule has 0 radical (unpaired) electrons. The molecule has 1 aliphatic heterocycles. The fourth-order valence-corrected chi connectivity index (χ4v) is 2.09. The largest absolute Gasteiger partial charge is 0.355 e. The van der Waals surface area contributed by atoms with Crippen molar-refractivity contribution in [1.82, 2.24) is 15.5 Å². The molecule has 1 unspecified atom stereocenters. The molecule has 0 aromatic rings. The molecule has 0 aliphatic carbocycles. The molecule has 1 atom stereocenters. The Hall–Kier alpha value is -1.10. The van der Waals surface area contributed by atoms with Gasteiger partial charge in [0, 0.05) is 26.1 Å². The third kappa shape index (κ3) is 5.49. The third-order valence-corrected chi connectivity index (χ3v) is 3.21. The molecule has 1 aliphatic rings. The van der Waals surface area contributed by atoms with Crippen LogP contribution in [-0.4, -0.2) is 49.4 Å². The molecule has 2 N–H and O–H groups in total. The molecule has 1 saturated heterocycles. The fourth-order valence-electron chi connectivity index (χ4n) is 2.09. The van der Waals surface area contributed by atoms with E-state index in [0.717, 1.165) is 19.4 Å². The molecule has 1 fully saturated rings. The van der Waals surface area contributed by atoms with Crippen LogP contribution in [0.2, 0.25) is 0 Å². The quantitative estimate of drug-likeness (QED) is 0.726. The number of nitrogens with zero attached hydrogens (tertiary/aromatic N) is 1. The zero-order chi connectivity index (χ0) is 13.4. The maximum absolute atomic E-state index is 11.9. The number of rotatable bonds is 6. The van der Waals surface area contributed by atoms with Crippen molar-refractivity contribution in [3.8, 4) is 0 Å². The van der Waals surface area contributed by atoms with Gasteiger partial charge in [-0.05, 0) is 25.8 Å². The summed E-state index contributed by atoms with van der Waals surface area (Å²) in [7, 11) is 1.69. The van der Waals surface area contributed by atoms with Crippen molar-refractivity contribution in [3.63, 3.8) is 0 Å². The number of piperidine rings is 1. The molecular formula is C13H25N3O2. The molecule has 0 aromatic heterocycles. The first kappa shape index (κ1) is 15.0. The van der Waals surface area contributed by atoms with Gasteiger partial charge in [0.15, 0.2) is 0 Å². The summed E-state index contributed by atoms with van der Waals surface area (Å²) < 4.78 is 0. The van der Waals surface area contributed by atoms with Crippen LogP contribution < -0.4 is 10.6 Å². The number of likely N-dealkylation sites (N-methyl/N-ethyl adjacent to an activating group) is 1. The van der Waals surface area contributed by atoms with E-state index in [1.54, 1.807) is 7.05 Å². The van der Waals surface area contributed by atoms with E-state index in [4.69, 9.17) is 0 Å². The van der Waals surface area contributed by atoms with E-state index in [1.165, 1.54) is 17.7 Å². The van der Waals surface area contributed by atoms with Crippen LogP contribution in [0, 0.1) is 0 Å². The van der Waals surface area contributed by atoms with Crippen LogP contribution in [-0.2, 0) is 9.59 Å². The van der Waals surface area contributed by atoms with Gasteiger partial charge in [-0.15, -0.1) is 0 Å². The second-order valence-electron chi connectivity index (χ2n) is 4.95. The number of amides is 2. The van der Waals surface area contributed by atoms with Gasteiger partial charge in [-0.2, -0.15) is 0 Å². The highest BCUT2D eigenvalue weighted by atomic mass is 16.2. The van der Waals surface area contributed by atoms with Gasteiger partial charge >= 0.3 is 0 Å². The van der Waals surface area contributed by atoms with Crippen LogP contribution in [0.3, 0.4) is 0 Å². The lowest BCUT2D eigenvalue weighted by Gasteiger charge is -2.25. The average Bonchev–Trinajstić information content (AvgIpc) is 2.37. The van der Waals surface area contributed by atoms with Gasteiger partial charge in [-0.25, -0.2) is 0 Å². The summed E-state index contributed by atoms with van der Waals surface area (Å²) >= 11 is 0. The Bertz CT molecular complexity index is 275. The molecule has 18 heavy (non-hydrogen) atoms. The minimum absolute atomic E-state index is 0.0426. The van der Waals surface area contributed by atoms with Crippen molar-refractivity contribution < 1.29 is 9.59 Å². The number of carbonyl (C=O) groups is 2. The van der Waals surface area contributed by atoms with E-state index < -0.39 is 0 Å². The molecular weight excluding hydrogens is 230 g/mol. The van der Waals surface area contributed by atoms with Crippen molar-refractivity contribution >= 4 is 11.8 Å². The predicted octanol–water partition coefficient (Wildman–Crippen LogP) is 0.503. The Morgan fingerprint density at radius 3 is 2.78 bits per heavy atom. The lowest BCUT2D eigenvalue weighted by Crippen LogP contribution is -2.42. The zero-order valence-corrected chi connectivity index (χ0v) is 11.5. The van der Waals surface area contributed by atoms with E-state index in [-0.39, 0.29) is 24.4 Å². The Labute approximate surface area is 109 Å². The van der Waals surface area contributed by atoms with Crippen molar-refractivity contribution in [1.29, 1.82) is 0 Å². The molecule has 5 nitrogen and oxygen atoms in total. The first-order valence-corrected chi connectivity index (χ1v) is 6.87. The first-order valence-electron chi connectivity index (χ1n) is 6.87. The molecule has 0 aromatic carbocycles. The van der Waals surface area contributed by atoms with Crippen molar-refractivity contribution in [2.45, 2.75) is 45.1 Å². The summed E-state index contributed by atoms with van der Waals surface area (Å²) in [4.78, 5) is 24.9. The maximum Gasteiger partial charge on any atom is 0.239 e. The molecule has 104 valence electrons. The van der Waals surface area contributed by atoms with E-state index in [2.05, 4.69) is 10.6 Å². The standard InChI is InChI=1S/C13H25N3O2/c1-3-7-15-12(17)10-16(2)13(18)9-11-6-4-5-8-14-11/h11,14H,3-10H2,1-2H3,(H,15,17). The fraction of sp³-hybridized carbons (Fsp3) is 0.846. The van der Waals surface area contributed by atoms with Crippen LogP contribution in [0.15, 0.2) is 0 Å². The summed E-state index contributed by atoms with van der Waals surface area (Å²) in [5.74, 6) is -0.0367. The molecule has 5 heteroatoms. The van der Waals surface area contributed by atoms with Crippen LogP contribution >= 0.6 is 0 Å². The van der Waals surface area contributed by atoms with Gasteiger partial charge in [0.2, 0.25) is 11.8 Å². The highest BCUT2D eigenvalue weighted by molar-refractivity contribution is 5.84. The summed E-state index contributed by atoms with van der Waals surface area (Å²) in [6.07, 6.45) is 4.85. The van der Waals surface area contributed by atoms with Crippen LogP contribution in [0.1, 0.15) is 39.0 Å². The summed E-state index contributed by atoms with van der Waals surface area (Å²) in [5.41, 5.74) is 0. The predicted molar refractivity (Wildman–Crippen MR) is 71.2 cm³/mol. The molecule has 0 bridgehead atoms. The lowest BCUT2D eigenvalue weighted by molar-refractivity contribution is -0.135. The van der Waals surface area contributed by atoms with Crippen LogP contribution in [0.5, 0.6) is 0 Å². The van der Waals surface area contributed by atoms with E-state index in [0.29, 0.717) is 13.0 Å². The molecule has 1 heterocycles. The normalized spacial score (nSPS) is 19.3. The number of carbonyl (C=O) groups excluding carboxylic acids is 2. The number of hydrogen-bond donors (Lipinski definition) is 2. The van der Waals surface area contributed by atoms with E-state index in [1.807, 2.05) is 6.92 Å². The smallest absolute Gasteiger partial charge is 0.239 e. The summed E-state index contributed by atoms with van der Waals surface area (Å²) in [5, 5.41) is 6.12. The first-order chi connectivity index (χ1) is 8.63. The highest BCUT2D eigenvalue weighted by Crippen LogP contribution is 2.10. The van der Waals surface area contributed by atoms with Gasteiger partial charge in [-0.1, -0.05) is 13.3 Å². The second-order valence-corrected chi connectivity index (χ2v) is 4.95. The average molecular weight is 255 g/mol. The SMILES string of the molecule is CCCNC(=O)CN(C)C(=O)CC1CCCCN1. The van der Waals surface area contributed by atoms with E-state index in [9.17, 15) is 9.59 Å². The van der Waals surface area contributed by atoms with Crippen LogP contribution in [0.25, 0.3) is 0 Å². The second kappa shape index (κ2) is 8.08. The van der Waals surface area contributed by atoms with Crippen molar-refractivity contribution in [2.75, 3.05) is 26.7 Å². The Morgan fingerprint density at radius 2 is 2.17 bits per heavy atom. The molecule has 1 rings (SSSR count). The summed E-state index contributed by atoms with van der Waals surface area (Å²) in [6, 6.07) is 0.285. The summed E-state index contributed by atoms with van der Waals surface area (Å²) in [6.45, 7) is 3.83.